The van der Waals surface area contributed by atoms with E-state index in [4.69, 9.17) is 23.7 Å². The van der Waals surface area contributed by atoms with Gasteiger partial charge in [0.25, 0.3) is 5.91 Å². The number of amides is 1. The second kappa shape index (κ2) is 8.67. The van der Waals surface area contributed by atoms with E-state index in [-0.39, 0.29) is 5.91 Å². The molecule has 2 aliphatic rings. The van der Waals surface area contributed by atoms with E-state index in [2.05, 4.69) is 10.3 Å². The molecular weight excluding hydrogens is 470 g/mol. The van der Waals surface area contributed by atoms with Crippen LogP contribution in [0.4, 0.5) is 11.4 Å². The first-order chi connectivity index (χ1) is 17.4. The molecule has 1 amide bonds. The van der Waals surface area contributed by atoms with E-state index in [9.17, 15) is 14.4 Å². The van der Waals surface area contributed by atoms with Gasteiger partial charge in [0.2, 0.25) is 5.75 Å². The quantitative estimate of drug-likeness (QED) is 0.392. The highest BCUT2D eigenvalue weighted by molar-refractivity contribution is 6.23. The molecule has 1 atom stereocenters. The van der Waals surface area contributed by atoms with Crippen molar-refractivity contribution in [2.75, 3.05) is 52.3 Å². The average Bonchev–Trinajstić information content (AvgIpc) is 3.60. The first kappa shape index (κ1) is 23.3. The smallest absolute Gasteiger partial charge is 0.336 e. The molecule has 0 spiro atoms. The molecule has 5 rings (SSSR count). The maximum Gasteiger partial charge on any atom is 0.336 e. The van der Waals surface area contributed by atoms with E-state index in [1.54, 1.807) is 23.1 Å². The van der Waals surface area contributed by atoms with Crippen molar-refractivity contribution in [3.63, 3.8) is 0 Å². The minimum Gasteiger partial charge on any atom is -0.494 e. The van der Waals surface area contributed by atoms with Gasteiger partial charge in [0.1, 0.15) is 11.4 Å². The Morgan fingerprint density at radius 3 is 2.31 bits per heavy atom. The number of carbonyl (C=O) groups excluding carboxylic acids is 3. The highest BCUT2D eigenvalue weighted by Gasteiger charge is 2.43. The molecule has 3 heterocycles. The van der Waals surface area contributed by atoms with Crippen LogP contribution in [0, 0.1) is 0 Å². The summed E-state index contributed by atoms with van der Waals surface area (Å²) in [6.45, 7) is 0.350. The van der Waals surface area contributed by atoms with Gasteiger partial charge in [-0.05, 0) is 24.1 Å². The van der Waals surface area contributed by atoms with Crippen molar-refractivity contribution >= 4 is 39.9 Å². The van der Waals surface area contributed by atoms with Crippen molar-refractivity contribution in [2.24, 2.45) is 0 Å². The number of Topliss-reactive ketones (excluding diaryl/α,β-unsaturated/α-hetero) is 1. The molecule has 0 radical (unpaired) electrons. The van der Waals surface area contributed by atoms with E-state index in [1.807, 2.05) is 0 Å². The number of ketones is 1. The number of methoxy groups -OCH3 is 5. The Balaban J connectivity index is 1.58. The number of ether oxygens (including phenoxy) is 5. The van der Waals surface area contributed by atoms with Crippen LogP contribution in [0.1, 0.15) is 26.4 Å². The summed E-state index contributed by atoms with van der Waals surface area (Å²) in [6.07, 6.45) is 0.444. The van der Waals surface area contributed by atoms with Crippen LogP contribution in [0.2, 0.25) is 0 Å². The zero-order valence-electron chi connectivity index (χ0n) is 20.4. The number of aromatic amines is 1. The van der Waals surface area contributed by atoms with Crippen molar-refractivity contribution in [1.82, 2.24) is 4.98 Å². The van der Waals surface area contributed by atoms with Crippen LogP contribution in [0.3, 0.4) is 0 Å². The van der Waals surface area contributed by atoms with E-state index >= 15 is 0 Å². The van der Waals surface area contributed by atoms with Crippen molar-refractivity contribution in [2.45, 2.75) is 12.5 Å². The summed E-state index contributed by atoms with van der Waals surface area (Å²) >= 11 is 0. The predicted octanol–water partition coefficient (Wildman–Crippen LogP) is 2.55. The fourth-order valence-corrected chi connectivity index (χ4v) is 4.95. The zero-order valence-corrected chi connectivity index (χ0v) is 20.4. The average molecular weight is 495 g/mol. The second-order valence-corrected chi connectivity index (χ2v) is 8.29. The van der Waals surface area contributed by atoms with Crippen LogP contribution < -0.4 is 29.2 Å². The predicted molar refractivity (Wildman–Crippen MR) is 130 cm³/mol. The summed E-state index contributed by atoms with van der Waals surface area (Å²) in [6, 6.07) is 4.02. The molecule has 2 aliphatic heterocycles. The SMILES string of the molecule is COC(=O)C1Nc2c(OC)cc3c(c2C1=O)CCN3C(=O)c1cc2cc(OC)c(OC)c(OC)c2[nH]1. The highest BCUT2D eigenvalue weighted by Crippen LogP contribution is 2.46. The molecule has 1 unspecified atom stereocenters. The van der Waals surface area contributed by atoms with Crippen molar-refractivity contribution in [1.29, 1.82) is 0 Å². The third-order valence-corrected chi connectivity index (χ3v) is 6.60. The number of anilines is 2. The monoisotopic (exact) mass is 495 g/mol. The Kier molecular flexibility index (Phi) is 5.62. The van der Waals surface area contributed by atoms with Crippen molar-refractivity contribution < 1.29 is 38.1 Å². The van der Waals surface area contributed by atoms with Gasteiger partial charge in [0.15, 0.2) is 23.3 Å². The Bertz CT molecular complexity index is 1430. The summed E-state index contributed by atoms with van der Waals surface area (Å²) in [5.41, 5.74) is 2.92. The summed E-state index contributed by atoms with van der Waals surface area (Å²) in [7, 11) is 7.23. The number of rotatable bonds is 6. The third-order valence-electron chi connectivity index (χ3n) is 6.60. The van der Waals surface area contributed by atoms with Gasteiger partial charge in [-0.15, -0.1) is 0 Å². The topological polar surface area (TPSA) is 128 Å². The van der Waals surface area contributed by atoms with Gasteiger partial charge >= 0.3 is 5.97 Å². The largest absolute Gasteiger partial charge is 0.494 e. The fourth-order valence-electron chi connectivity index (χ4n) is 4.95. The van der Waals surface area contributed by atoms with Crippen LogP contribution in [0.5, 0.6) is 23.0 Å². The number of hydrogen-bond donors (Lipinski definition) is 2. The molecule has 0 saturated heterocycles. The normalized spacial score (nSPS) is 15.9. The Labute approximate surface area is 206 Å². The number of H-pyrrole nitrogens is 1. The summed E-state index contributed by atoms with van der Waals surface area (Å²) < 4.78 is 26.7. The molecule has 36 heavy (non-hydrogen) atoms. The number of esters is 1. The van der Waals surface area contributed by atoms with Gasteiger partial charge in [-0.1, -0.05) is 0 Å². The summed E-state index contributed by atoms with van der Waals surface area (Å²) in [5.74, 6) is 0.263. The molecule has 188 valence electrons. The van der Waals surface area contributed by atoms with Crippen LogP contribution in [0.25, 0.3) is 10.9 Å². The third kappa shape index (κ3) is 3.23. The summed E-state index contributed by atoms with van der Waals surface area (Å²) in [4.78, 5) is 43.6. The lowest BCUT2D eigenvalue weighted by Gasteiger charge is -2.18. The molecule has 3 aromatic rings. The van der Waals surface area contributed by atoms with Crippen molar-refractivity contribution in [3.8, 4) is 23.0 Å². The lowest BCUT2D eigenvalue weighted by Crippen LogP contribution is -2.33. The number of fused-ring (bicyclic) bond motifs is 4. The van der Waals surface area contributed by atoms with Crippen LogP contribution in [0.15, 0.2) is 18.2 Å². The van der Waals surface area contributed by atoms with Gasteiger partial charge in [0.05, 0.1) is 58.0 Å². The lowest BCUT2D eigenvalue weighted by atomic mass is 9.99. The molecule has 2 N–H and O–H groups in total. The number of carbonyl (C=O) groups is 3. The highest BCUT2D eigenvalue weighted by atomic mass is 16.5. The maximum absolute atomic E-state index is 13.7. The van der Waals surface area contributed by atoms with E-state index in [0.717, 1.165) is 0 Å². The van der Waals surface area contributed by atoms with Gasteiger partial charge in [-0.3, -0.25) is 9.59 Å². The molecule has 11 nitrogen and oxygen atoms in total. The first-order valence-corrected chi connectivity index (χ1v) is 11.1. The Morgan fingerprint density at radius 2 is 1.67 bits per heavy atom. The van der Waals surface area contributed by atoms with Gasteiger partial charge < -0.3 is 38.9 Å². The molecule has 0 saturated carbocycles. The Morgan fingerprint density at radius 1 is 0.944 bits per heavy atom. The maximum atomic E-state index is 13.7. The molecular formula is C25H25N3O8. The summed E-state index contributed by atoms with van der Waals surface area (Å²) in [5, 5.41) is 3.62. The molecule has 0 fully saturated rings. The van der Waals surface area contributed by atoms with Crippen LogP contribution >= 0.6 is 0 Å². The number of nitrogens with one attached hydrogen (secondary N) is 2. The number of hydrogen-bond acceptors (Lipinski definition) is 9. The van der Waals surface area contributed by atoms with Gasteiger partial charge in [-0.2, -0.15) is 0 Å². The Hall–Kier alpha value is -4.41. The number of benzene rings is 2. The number of nitrogens with zero attached hydrogens (tertiary/aromatic N) is 1. The standard InChI is InChI=1S/C25H25N3O8/c1-32-15-10-14-12(17-19(15)27-20(21(17)29)25(31)36-5)6-7-28(14)24(30)13-8-11-9-16(33-2)22(34-3)23(35-4)18(11)26-13/h8-10,20,26-27H,6-7H2,1-5H3. The van der Waals surface area contributed by atoms with Gasteiger partial charge in [0, 0.05) is 18.0 Å². The minimum atomic E-state index is -1.15. The second-order valence-electron chi connectivity index (χ2n) is 8.29. The van der Waals surface area contributed by atoms with Crippen LogP contribution in [-0.2, 0) is 16.0 Å². The zero-order chi connectivity index (χ0) is 25.7. The van der Waals surface area contributed by atoms with E-state index < -0.39 is 17.8 Å². The molecule has 0 bridgehead atoms. The molecule has 11 heteroatoms. The van der Waals surface area contributed by atoms with E-state index in [1.165, 1.54) is 35.5 Å². The van der Waals surface area contributed by atoms with E-state index in [0.29, 0.717) is 75.1 Å². The number of aromatic nitrogens is 1. The van der Waals surface area contributed by atoms with Gasteiger partial charge in [-0.25, -0.2) is 4.79 Å². The molecule has 2 aromatic carbocycles. The lowest BCUT2D eigenvalue weighted by molar-refractivity contribution is -0.140. The molecule has 0 aliphatic carbocycles. The first-order valence-electron chi connectivity index (χ1n) is 11.1. The fraction of sp³-hybridized carbons (Fsp3) is 0.320. The molecule has 1 aromatic heterocycles. The van der Waals surface area contributed by atoms with Crippen molar-refractivity contribution in [3.05, 3.63) is 35.0 Å². The minimum absolute atomic E-state index is 0.296. The van der Waals surface area contributed by atoms with Crippen LogP contribution in [-0.4, -0.2) is 70.8 Å².